The minimum absolute atomic E-state index is 0.126. The van der Waals surface area contributed by atoms with Gasteiger partial charge < -0.3 is 9.84 Å². The van der Waals surface area contributed by atoms with E-state index >= 15 is 0 Å². The lowest BCUT2D eigenvalue weighted by Crippen LogP contribution is -2.43. The van der Waals surface area contributed by atoms with Gasteiger partial charge in [0.05, 0.1) is 42.2 Å². The number of amides is 4. The number of rotatable bonds is 4. The minimum Gasteiger partial charge on any atom is -0.504 e. The molecule has 4 amide bonds. The van der Waals surface area contributed by atoms with Gasteiger partial charge in [-0.05, 0) is 73.4 Å². The number of imide groups is 2. The van der Waals surface area contributed by atoms with E-state index in [1.807, 2.05) is 6.08 Å². The Balaban J connectivity index is 1.35. The highest BCUT2D eigenvalue weighted by molar-refractivity contribution is 6.31. The Kier molecular flexibility index (Phi) is 6.59. The Hall–Kier alpha value is -4.14. The predicted molar refractivity (Wildman–Crippen MR) is 160 cm³/mol. The number of methoxy groups -OCH3 is 1. The summed E-state index contributed by atoms with van der Waals surface area (Å²) < 4.78 is 5.39. The van der Waals surface area contributed by atoms with Gasteiger partial charge in [-0.25, -0.2) is 0 Å². The maximum atomic E-state index is 14.2. The van der Waals surface area contributed by atoms with Crippen molar-refractivity contribution in [1.82, 2.24) is 0 Å². The van der Waals surface area contributed by atoms with E-state index in [0.717, 1.165) is 5.57 Å². The molecule has 4 aliphatic rings. The number of anilines is 2. The molecule has 0 aromatic heterocycles. The number of halogens is 2. The van der Waals surface area contributed by atoms with Crippen LogP contribution in [-0.4, -0.2) is 35.8 Å². The molecule has 218 valence electrons. The molecule has 7 rings (SSSR count). The lowest BCUT2D eigenvalue weighted by molar-refractivity contribution is -0.126. The number of hydrogen-bond donors (Lipinski definition) is 1. The molecule has 0 spiro atoms. The minimum atomic E-state index is -0.820. The normalized spacial score (nSPS) is 28.0. The van der Waals surface area contributed by atoms with Gasteiger partial charge in [-0.2, -0.15) is 0 Å². The quantitative estimate of drug-likeness (QED) is 0.295. The molecule has 1 N–H and O–H groups in total. The fourth-order valence-electron chi connectivity index (χ4n) is 7.58. The smallest absolute Gasteiger partial charge is 0.238 e. The number of aromatic hydroxyl groups is 1. The molecule has 2 aliphatic heterocycles. The molecule has 3 fully saturated rings. The molecule has 2 saturated heterocycles. The summed E-state index contributed by atoms with van der Waals surface area (Å²) in [5.41, 5.74) is 2.06. The van der Waals surface area contributed by atoms with Crippen molar-refractivity contribution in [3.63, 3.8) is 0 Å². The van der Waals surface area contributed by atoms with Crippen LogP contribution in [0.3, 0.4) is 0 Å². The fraction of sp³-hybridized carbons (Fsp3) is 0.273. The first-order valence-electron chi connectivity index (χ1n) is 14.0. The van der Waals surface area contributed by atoms with Crippen LogP contribution in [-0.2, 0) is 19.2 Å². The second kappa shape index (κ2) is 10.2. The largest absolute Gasteiger partial charge is 0.504 e. The third-order valence-electron chi connectivity index (χ3n) is 9.40. The summed E-state index contributed by atoms with van der Waals surface area (Å²) in [5, 5.41) is 12.2. The first-order valence-corrected chi connectivity index (χ1v) is 14.8. The van der Waals surface area contributed by atoms with E-state index in [-0.39, 0.29) is 41.5 Å². The third kappa shape index (κ3) is 4.11. The van der Waals surface area contributed by atoms with E-state index in [0.29, 0.717) is 33.4 Å². The summed E-state index contributed by atoms with van der Waals surface area (Å²) in [7, 11) is 1.44. The molecule has 3 aromatic rings. The number of fused-ring (bicyclic) bond motifs is 4. The van der Waals surface area contributed by atoms with Crippen LogP contribution in [0, 0.1) is 29.6 Å². The van der Waals surface area contributed by atoms with Crippen LogP contribution in [0.4, 0.5) is 11.4 Å². The SMILES string of the molecule is COc1cccc([C@H]2C3=CC[C@@H]4C(=O)N(c5ccc(Cl)cc5)C(=O)[C@@H]4[C@@H]3C[C@H]3C(=O)N(c4ccc(Cl)cc4)C(=O)[C@@H]23)c1O. The van der Waals surface area contributed by atoms with Gasteiger partial charge in [-0.3, -0.25) is 29.0 Å². The molecular formula is C33H26Cl2N2O6. The zero-order chi connectivity index (χ0) is 30.2. The van der Waals surface area contributed by atoms with E-state index in [2.05, 4.69) is 0 Å². The van der Waals surface area contributed by atoms with Crippen LogP contribution in [0.15, 0.2) is 78.4 Å². The number of phenolic OH excluding ortho intramolecular Hbond substituents is 1. The van der Waals surface area contributed by atoms with Crippen molar-refractivity contribution in [2.75, 3.05) is 16.9 Å². The van der Waals surface area contributed by atoms with E-state index in [4.69, 9.17) is 27.9 Å². The highest BCUT2D eigenvalue weighted by Gasteiger charge is 2.62. The summed E-state index contributed by atoms with van der Waals surface area (Å²) in [4.78, 5) is 58.3. The Morgan fingerprint density at radius 2 is 1.28 bits per heavy atom. The van der Waals surface area contributed by atoms with Gasteiger partial charge in [-0.15, -0.1) is 0 Å². The fourth-order valence-corrected chi connectivity index (χ4v) is 7.83. The van der Waals surface area contributed by atoms with Crippen molar-refractivity contribution < 1.29 is 29.0 Å². The van der Waals surface area contributed by atoms with E-state index in [9.17, 15) is 24.3 Å². The number of ether oxygens (including phenoxy) is 1. The number of para-hydroxylation sites is 1. The van der Waals surface area contributed by atoms with Crippen LogP contribution in [0.5, 0.6) is 11.5 Å². The lowest BCUT2D eigenvalue weighted by Gasteiger charge is -2.44. The third-order valence-corrected chi connectivity index (χ3v) is 9.91. The number of benzene rings is 3. The number of carbonyl (C=O) groups is 4. The zero-order valence-electron chi connectivity index (χ0n) is 22.9. The Labute approximate surface area is 257 Å². The molecule has 43 heavy (non-hydrogen) atoms. The number of nitrogens with zero attached hydrogens (tertiary/aromatic N) is 2. The highest BCUT2D eigenvalue weighted by Crippen LogP contribution is 2.59. The maximum absolute atomic E-state index is 14.2. The molecule has 3 aromatic carbocycles. The first kappa shape index (κ1) is 27.7. The van der Waals surface area contributed by atoms with E-state index < -0.39 is 35.5 Å². The summed E-state index contributed by atoms with van der Waals surface area (Å²) in [6.07, 6.45) is 2.46. The summed E-state index contributed by atoms with van der Waals surface area (Å²) in [5.74, 6) is -5.41. The van der Waals surface area contributed by atoms with Crippen molar-refractivity contribution in [2.24, 2.45) is 29.6 Å². The van der Waals surface area contributed by atoms with E-state index in [1.54, 1.807) is 66.7 Å². The Morgan fingerprint density at radius 1 is 0.721 bits per heavy atom. The second-order valence-electron chi connectivity index (χ2n) is 11.4. The lowest BCUT2D eigenvalue weighted by atomic mass is 9.57. The summed E-state index contributed by atoms with van der Waals surface area (Å²) >= 11 is 12.1. The van der Waals surface area contributed by atoms with Crippen molar-refractivity contribution in [3.8, 4) is 11.5 Å². The average molecular weight is 617 g/mol. The number of carbonyl (C=O) groups excluding carboxylic acids is 4. The first-order chi connectivity index (χ1) is 20.7. The van der Waals surface area contributed by atoms with Crippen molar-refractivity contribution >= 4 is 58.2 Å². The maximum Gasteiger partial charge on any atom is 0.238 e. The molecule has 0 radical (unpaired) electrons. The van der Waals surface area contributed by atoms with E-state index in [1.165, 1.54) is 16.9 Å². The Morgan fingerprint density at radius 3 is 1.86 bits per heavy atom. The summed E-state index contributed by atoms with van der Waals surface area (Å²) in [6.45, 7) is 0. The van der Waals surface area contributed by atoms with Crippen LogP contribution >= 0.6 is 23.2 Å². The molecule has 1 saturated carbocycles. The summed E-state index contributed by atoms with van der Waals surface area (Å²) in [6, 6.07) is 18.1. The van der Waals surface area contributed by atoms with Gasteiger partial charge in [0.2, 0.25) is 23.6 Å². The molecule has 8 nitrogen and oxygen atoms in total. The van der Waals surface area contributed by atoms with Crippen LogP contribution in [0.2, 0.25) is 10.0 Å². The average Bonchev–Trinajstić information content (AvgIpc) is 3.41. The van der Waals surface area contributed by atoms with Crippen molar-refractivity contribution in [1.29, 1.82) is 0 Å². The predicted octanol–water partition coefficient (Wildman–Crippen LogP) is 5.75. The van der Waals surface area contributed by atoms with Crippen LogP contribution in [0.25, 0.3) is 0 Å². The molecule has 10 heteroatoms. The van der Waals surface area contributed by atoms with Crippen molar-refractivity contribution in [3.05, 3.63) is 94.0 Å². The molecular weight excluding hydrogens is 591 g/mol. The zero-order valence-corrected chi connectivity index (χ0v) is 24.5. The molecule has 2 heterocycles. The van der Waals surface area contributed by atoms with Gasteiger partial charge in [0, 0.05) is 21.5 Å². The van der Waals surface area contributed by atoms with Gasteiger partial charge in [0.25, 0.3) is 0 Å². The Bertz CT molecular complexity index is 1720. The van der Waals surface area contributed by atoms with Crippen LogP contribution < -0.4 is 14.5 Å². The van der Waals surface area contributed by atoms with Gasteiger partial charge in [0.1, 0.15) is 0 Å². The standard InChI is InChI=1S/C33H26Cl2N2O6/c1-43-25-4-2-3-21(29(25)38)26-20-13-14-22-27(32(41)36(30(22)39)18-9-5-16(34)6-10-18)23(20)15-24-28(26)33(42)37(31(24)40)19-11-7-17(35)8-12-19/h2-13,22-24,26-28,38H,14-15H2,1H3/t22-,23+,24+,26+,27-,28+/m0/s1. The number of allylic oxidation sites excluding steroid dienone is 2. The monoisotopic (exact) mass is 616 g/mol. The molecule has 0 bridgehead atoms. The highest BCUT2D eigenvalue weighted by atomic mass is 35.5. The number of hydrogen-bond acceptors (Lipinski definition) is 6. The molecule has 6 atom stereocenters. The van der Waals surface area contributed by atoms with Gasteiger partial charge in [0.15, 0.2) is 11.5 Å². The number of phenols is 1. The molecule has 2 aliphatic carbocycles. The second-order valence-corrected chi connectivity index (χ2v) is 12.3. The van der Waals surface area contributed by atoms with Crippen LogP contribution in [0.1, 0.15) is 24.3 Å². The topological polar surface area (TPSA) is 104 Å². The van der Waals surface area contributed by atoms with Gasteiger partial charge >= 0.3 is 0 Å². The van der Waals surface area contributed by atoms with Crippen molar-refractivity contribution in [2.45, 2.75) is 18.8 Å². The molecule has 0 unspecified atom stereocenters. The van der Waals surface area contributed by atoms with Gasteiger partial charge in [-0.1, -0.05) is 47.0 Å².